The van der Waals surface area contributed by atoms with E-state index < -0.39 is 0 Å². The first kappa shape index (κ1) is 15.0. The van der Waals surface area contributed by atoms with Crippen molar-refractivity contribution in [2.75, 3.05) is 26.7 Å². The zero-order chi connectivity index (χ0) is 15.1. The molecule has 0 bridgehead atoms. The molecule has 3 heteroatoms. The number of fused-ring (bicyclic) bond motifs is 1. The predicted molar refractivity (Wildman–Crippen MR) is 86.2 cm³/mol. The second kappa shape index (κ2) is 5.38. The van der Waals surface area contributed by atoms with E-state index in [0.29, 0.717) is 12.0 Å². The molecule has 3 atom stereocenters. The molecule has 2 N–H and O–H groups in total. The number of likely N-dealkylation sites (N-methyl/N-ethyl adjacent to an activating group) is 1. The van der Waals surface area contributed by atoms with Crippen LogP contribution in [0.2, 0.25) is 0 Å². The fourth-order valence-electron chi connectivity index (χ4n) is 4.29. The van der Waals surface area contributed by atoms with Gasteiger partial charge in [-0.2, -0.15) is 0 Å². The highest BCUT2D eigenvalue weighted by atomic mass is 16.5. The summed E-state index contributed by atoms with van der Waals surface area (Å²) in [5.41, 5.74) is 8.17. The minimum Gasteiger partial charge on any atom is -0.377 e. The summed E-state index contributed by atoms with van der Waals surface area (Å²) in [6.07, 6.45) is 2.57. The fourth-order valence-corrected chi connectivity index (χ4v) is 4.29. The van der Waals surface area contributed by atoms with E-state index in [4.69, 9.17) is 10.5 Å². The van der Waals surface area contributed by atoms with Gasteiger partial charge in [0.2, 0.25) is 0 Å². The van der Waals surface area contributed by atoms with Crippen molar-refractivity contribution < 1.29 is 4.74 Å². The highest BCUT2D eigenvalue weighted by molar-refractivity contribution is 5.21. The Morgan fingerprint density at radius 1 is 1.29 bits per heavy atom. The smallest absolute Gasteiger partial charge is 0.0691 e. The number of hydrogen-bond donors (Lipinski definition) is 1. The van der Waals surface area contributed by atoms with Gasteiger partial charge >= 0.3 is 0 Å². The van der Waals surface area contributed by atoms with Crippen molar-refractivity contribution in [3.63, 3.8) is 0 Å². The number of benzene rings is 1. The summed E-state index contributed by atoms with van der Waals surface area (Å²) in [5, 5.41) is 0. The Hall–Kier alpha value is -0.900. The van der Waals surface area contributed by atoms with Crippen LogP contribution in [0.25, 0.3) is 0 Å². The van der Waals surface area contributed by atoms with Gasteiger partial charge in [0.1, 0.15) is 0 Å². The largest absolute Gasteiger partial charge is 0.377 e. The van der Waals surface area contributed by atoms with Gasteiger partial charge in [0.15, 0.2) is 0 Å². The van der Waals surface area contributed by atoms with Gasteiger partial charge in [-0.25, -0.2) is 0 Å². The van der Waals surface area contributed by atoms with E-state index in [1.165, 1.54) is 5.56 Å². The lowest BCUT2D eigenvalue weighted by atomic mass is 9.48. The molecule has 2 fully saturated rings. The fraction of sp³-hybridized carbons (Fsp3) is 0.667. The van der Waals surface area contributed by atoms with E-state index in [1.807, 2.05) is 0 Å². The van der Waals surface area contributed by atoms with Crippen LogP contribution in [0.3, 0.4) is 0 Å². The number of ether oxygens (including phenoxy) is 1. The summed E-state index contributed by atoms with van der Waals surface area (Å²) in [6, 6.07) is 10.7. The average molecular weight is 288 g/mol. The maximum atomic E-state index is 6.81. The van der Waals surface area contributed by atoms with Crippen LogP contribution < -0.4 is 5.73 Å². The van der Waals surface area contributed by atoms with E-state index in [-0.39, 0.29) is 11.0 Å². The first-order valence-electron chi connectivity index (χ1n) is 8.08. The Labute approximate surface area is 128 Å². The molecule has 0 aromatic heterocycles. The van der Waals surface area contributed by atoms with Gasteiger partial charge in [0.25, 0.3) is 0 Å². The summed E-state index contributed by atoms with van der Waals surface area (Å²) >= 11 is 0. The van der Waals surface area contributed by atoms with Gasteiger partial charge in [-0.3, -0.25) is 0 Å². The number of nitrogens with two attached hydrogens (primary N) is 1. The van der Waals surface area contributed by atoms with E-state index in [2.05, 4.69) is 56.1 Å². The minimum atomic E-state index is -0.112. The molecule has 0 radical (unpaired) electrons. The molecule has 21 heavy (non-hydrogen) atoms. The summed E-state index contributed by atoms with van der Waals surface area (Å²) in [4.78, 5) is 2.39. The average Bonchev–Trinajstić information content (AvgIpc) is 2.95. The predicted octanol–water partition coefficient (Wildman–Crippen LogP) is 2.30. The molecule has 0 spiro atoms. The third kappa shape index (κ3) is 2.41. The van der Waals surface area contributed by atoms with Gasteiger partial charge in [-0.05, 0) is 25.5 Å². The SMILES string of the molecule is CN(CCc1ccccc1)CC1(N)C2CCOC2C1(C)C. The minimum absolute atomic E-state index is 0.0785. The Morgan fingerprint density at radius 3 is 2.71 bits per heavy atom. The molecule has 1 aliphatic heterocycles. The van der Waals surface area contributed by atoms with E-state index >= 15 is 0 Å². The number of rotatable bonds is 5. The van der Waals surface area contributed by atoms with E-state index in [9.17, 15) is 0 Å². The zero-order valence-corrected chi connectivity index (χ0v) is 13.5. The van der Waals surface area contributed by atoms with Crippen molar-refractivity contribution in [3.05, 3.63) is 35.9 Å². The first-order valence-corrected chi connectivity index (χ1v) is 8.08. The van der Waals surface area contributed by atoms with Crippen LogP contribution in [0.1, 0.15) is 25.8 Å². The summed E-state index contributed by atoms with van der Waals surface area (Å²) < 4.78 is 5.87. The summed E-state index contributed by atoms with van der Waals surface area (Å²) in [6.45, 7) is 7.43. The van der Waals surface area contributed by atoms with Crippen LogP contribution in [0.5, 0.6) is 0 Å². The van der Waals surface area contributed by atoms with Crippen molar-refractivity contribution in [1.82, 2.24) is 4.90 Å². The van der Waals surface area contributed by atoms with Gasteiger partial charge in [-0.1, -0.05) is 44.2 Å². The molecule has 3 unspecified atom stereocenters. The number of hydrogen-bond acceptors (Lipinski definition) is 3. The van der Waals surface area contributed by atoms with Gasteiger partial charge in [0.05, 0.1) is 6.10 Å². The van der Waals surface area contributed by atoms with Crippen LogP contribution in [0.4, 0.5) is 0 Å². The molecule has 0 amide bonds. The van der Waals surface area contributed by atoms with Crippen LogP contribution in [-0.2, 0) is 11.2 Å². The molecular formula is C18H28N2O. The van der Waals surface area contributed by atoms with E-state index in [0.717, 1.165) is 32.5 Å². The van der Waals surface area contributed by atoms with Crippen molar-refractivity contribution >= 4 is 0 Å². The quantitative estimate of drug-likeness (QED) is 0.903. The normalized spacial score (nSPS) is 33.8. The summed E-state index contributed by atoms with van der Waals surface area (Å²) in [5.74, 6) is 0.534. The third-order valence-corrected chi connectivity index (χ3v) is 5.82. The van der Waals surface area contributed by atoms with Gasteiger partial charge in [0, 0.05) is 36.6 Å². The molecule has 1 aliphatic carbocycles. The molecule has 1 saturated carbocycles. The topological polar surface area (TPSA) is 38.5 Å². The Balaban J connectivity index is 1.58. The van der Waals surface area contributed by atoms with Crippen molar-refractivity contribution in [3.8, 4) is 0 Å². The zero-order valence-electron chi connectivity index (χ0n) is 13.5. The van der Waals surface area contributed by atoms with Crippen LogP contribution >= 0.6 is 0 Å². The molecule has 1 saturated heterocycles. The maximum absolute atomic E-state index is 6.81. The summed E-state index contributed by atoms with van der Waals surface area (Å²) in [7, 11) is 2.19. The van der Waals surface area contributed by atoms with Crippen molar-refractivity contribution in [2.45, 2.75) is 38.3 Å². The molecule has 3 rings (SSSR count). The Morgan fingerprint density at radius 2 is 2.00 bits per heavy atom. The Bertz CT molecular complexity index is 487. The van der Waals surface area contributed by atoms with Gasteiger partial charge in [-0.15, -0.1) is 0 Å². The second-order valence-corrected chi connectivity index (χ2v) is 7.42. The molecule has 1 aromatic carbocycles. The van der Waals surface area contributed by atoms with Crippen molar-refractivity contribution in [2.24, 2.45) is 17.1 Å². The lowest BCUT2D eigenvalue weighted by Crippen LogP contribution is -2.78. The van der Waals surface area contributed by atoms with Crippen LogP contribution in [0.15, 0.2) is 30.3 Å². The first-order chi connectivity index (χ1) is 9.95. The lowest BCUT2D eigenvalue weighted by Gasteiger charge is -2.63. The molecule has 3 nitrogen and oxygen atoms in total. The number of nitrogens with zero attached hydrogens (tertiary/aromatic N) is 1. The molecule has 2 aliphatic rings. The molecule has 1 heterocycles. The molecule has 116 valence electrons. The second-order valence-electron chi connectivity index (χ2n) is 7.42. The standard InChI is InChI=1S/C18H28N2O/c1-17(2)16-15(10-12-21-16)18(17,19)13-20(3)11-9-14-7-5-4-6-8-14/h4-8,15-16H,9-13,19H2,1-3H3. The Kier molecular flexibility index (Phi) is 3.85. The van der Waals surface area contributed by atoms with E-state index in [1.54, 1.807) is 0 Å². The highest BCUT2D eigenvalue weighted by Crippen LogP contribution is 2.58. The molecular weight excluding hydrogens is 260 g/mol. The maximum Gasteiger partial charge on any atom is 0.0691 e. The van der Waals surface area contributed by atoms with Crippen LogP contribution in [-0.4, -0.2) is 43.3 Å². The molecule has 1 aromatic rings. The monoisotopic (exact) mass is 288 g/mol. The van der Waals surface area contributed by atoms with Gasteiger partial charge < -0.3 is 15.4 Å². The highest BCUT2D eigenvalue weighted by Gasteiger charge is 2.67. The third-order valence-electron chi connectivity index (χ3n) is 5.82. The van der Waals surface area contributed by atoms with Crippen molar-refractivity contribution in [1.29, 1.82) is 0 Å². The van der Waals surface area contributed by atoms with Crippen LogP contribution in [0, 0.1) is 11.3 Å². The lowest BCUT2D eigenvalue weighted by molar-refractivity contribution is -0.161.